The summed E-state index contributed by atoms with van der Waals surface area (Å²) in [5.41, 5.74) is -0.00959. The number of nitrogens with one attached hydrogen (secondary N) is 1. The van der Waals surface area contributed by atoms with Crippen molar-refractivity contribution in [2.45, 2.75) is 30.7 Å². The highest BCUT2D eigenvalue weighted by Gasteiger charge is 2.37. The minimum absolute atomic E-state index is 0.0573. The molecule has 194 valence electrons. The van der Waals surface area contributed by atoms with Crippen LogP contribution in [0.3, 0.4) is 0 Å². The average Bonchev–Trinajstić information content (AvgIpc) is 3.15. The Morgan fingerprint density at radius 1 is 0.838 bits per heavy atom. The fourth-order valence-corrected chi connectivity index (χ4v) is 4.36. The summed E-state index contributed by atoms with van der Waals surface area (Å²) in [5, 5.41) is 11.5. The second kappa shape index (κ2) is 9.79. The monoisotopic (exact) mass is 523 g/mol. The molecule has 11 heteroatoms. The zero-order valence-electron chi connectivity index (χ0n) is 18.9. The van der Waals surface area contributed by atoms with E-state index in [1.165, 1.54) is 0 Å². The molecule has 1 aliphatic rings. The lowest BCUT2D eigenvalue weighted by atomic mass is 9.98. The highest BCUT2D eigenvalue weighted by atomic mass is 19.4. The molecule has 4 rings (SSSR count). The molecule has 37 heavy (non-hydrogen) atoms. The molecule has 0 saturated carbocycles. The van der Waals surface area contributed by atoms with Gasteiger partial charge in [-0.2, -0.15) is 26.3 Å². The Morgan fingerprint density at radius 2 is 1.32 bits per heavy atom. The predicted molar refractivity (Wildman–Crippen MR) is 120 cm³/mol. The third-order valence-corrected chi connectivity index (χ3v) is 6.02. The van der Waals surface area contributed by atoms with Gasteiger partial charge in [-0.05, 0) is 46.0 Å². The lowest BCUT2D eigenvalue weighted by Crippen LogP contribution is -2.43. The van der Waals surface area contributed by atoms with Crippen molar-refractivity contribution >= 4 is 12.1 Å². The van der Waals surface area contributed by atoms with Gasteiger partial charge in [0, 0.05) is 12.3 Å². The largest absolute Gasteiger partial charge is 0.480 e. The SMILES string of the molecule is O=C(N[C@H](Cc1cc(C(F)(F)F)cc(C(F)(F)F)c1)C(=O)O)OCC1c2ccccc2-c2ccccc21. The minimum Gasteiger partial charge on any atom is -0.480 e. The van der Waals surface area contributed by atoms with Gasteiger partial charge in [0.15, 0.2) is 0 Å². The highest BCUT2D eigenvalue weighted by Crippen LogP contribution is 2.44. The van der Waals surface area contributed by atoms with Gasteiger partial charge in [-0.1, -0.05) is 48.5 Å². The van der Waals surface area contributed by atoms with Crippen LogP contribution < -0.4 is 5.32 Å². The van der Waals surface area contributed by atoms with E-state index in [9.17, 15) is 41.0 Å². The standard InChI is InChI=1S/C26H19F6NO4/c27-25(28,29)15-9-14(10-16(12-15)26(30,31)32)11-22(23(34)35)33-24(36)37-13-21-19-7-3-1-5-17(19)18-6-2-4-8-20(18)21/h1-10,12,21-22H,11,13H2,(H,33,36)(H,34,35)/t22-/m1/s1. The van der Waals surface area contributed by atoms with E-state index in [-0.39, 0.29) is 18.6 Å². The van der Waals surface area contributed by atoms with Gasteiger partial charge in [0.25, 0.3) is 0 Å². The van der Waals surface area contributed by atoms with Crippen LogP contribution in [0.1, 0.15) is 33.7 Å². The maximum Gasteiger partial charge on any atom is 0.416 e. The number of carbonyl (C=O) groups is 2. The zero-order chi connectivity index (χ0) is 27.0. The fraction of sp³-hybridized carbons (Fsp3) is 0.231. The maximum absolute atomic E-state index is 13.1. The van der Waals surface area contributed by atoms with Crippen molar-refractivity contribution in [3.8, 4) is 11.1 Å². The molecular weight excluding hydrogens is 504 g/mol. The molecule has 0 aliphatic heterocycles. The van der Waals surface area contributed by atoms with Gasteiger partial charge in [0.05, 0.1) is 11.1 Å². The molecule has 3 aromatic carbocycles. The van der Waals surface area contributed by atoms with E-state index >= 15 is 0 Å². The van der Waals surface area contributed by atoms with Gasteiger partial charge in [-0.25, -0.2) is 9.59 Å². The van der Waals surface area contributed by atoms with Crippen molar-refractivity contribution < 1.29 is 45.8 Å². The third-order valence-electron chi connectivity index (χ3n) is 6.02. The highest BCUT2D eigenvalue weighted by molar-refractivity contribution is 5.81. The number of hydrogen-bond donors (Lipinski definition) is 2. The normalized spacial score (nSPS) is 14.0. The molecule has 0 aromatic heterocycles. The van der Waals surface area contributed by atoms with Gasteiger partial charge >= 0.3 is 24.4 Å². The van der Waals surface area contributed by atoms with Crippen LogP contribution in [0.25, 0.3) is 11.1 Å². The molecule has 1 aliphatic carbocycles. The molecule has 3 aromatic rings. The number of rotatable bonds is 6. The van der Waals surface area contributed by atoms with Crippen LogP contribution in [-0.4, -0.2) is 29.8 Å². The number of carbonyl (C=O) groups excluding carboxylic acids is 1. The van der Waals surface area contributed by atoms with Gasteiger partial charge in [-0.15, -0.1) is 0 Å². The first-order valence-corrected chi connectivity index (χ1v) is 11.0. The number of carboxylic acid groups (broad SMARTS) is 1. The summed E-state index contributed by atoms with van der Waals surface area (Å²) < 4.78 is 84.0. The van der Waals surface area contributed by atoms with Crippen molar-refractivity contribution in [1.82, 2.24) is 5.32 Å². The number of fused-ring (bicyclic) bond motifs is 3. The number of ether oxygens (including phenoxy) is 1. The number of halogens is 6. The van der Waals surface area contributed by atoms with Gasteiger partial charge < -0.3 is 15.2 Å². The summed E-state index contributed by atoms with van der Waals surface area (Å²) in [6, 6.07) is 13.9. The van der Waals surface area contributed by atoms with E-state index in [2.05, 4.69) is 0 Å². The van der Waals surface area contributed by atoms with Crippen molar-refractivity contribution in [3.63, 3.8) is 0 Å². The molecule has 5 nitrogen and oxygen atoms in total. The number of aliphatic carboxylic acids is 1. The van der Waals surface area contributed by atoms with E-state index in [4.69, 9.17) is 4.74 Å². The summed E-state index contributed by atoms with van der Waals surface area (Å²) in [4.78, 5) is 24.1. The Morgan fingerprint density at radius 3 is 1.78 bits per heavy atom. The van der Waals surface area contributed by atoms with Gasteiger partial charge in [0.2, 0.25) is 0 Å². The van der Waals surface area contributed by atoms with Gasteiger partial charge in [0.1, 0.15) is 12.6 Å². The second-order valence-corrected chi connectivity index (χ2v) is 8.48. The molecule has 0 fully saturated rings. The van der Waals surface area contributed by atoms with Crippen LogP contribution in [0.2, 0.25) is 0 Å². The molecule has 1 atom stereocenters. The number of hydrogen-bond acceptors (Lipinski definition) is 3. The van der Waals surface area contributed by atoms with Crippen LogP contribution in [0, 0.1) is 0 Å². The van der Waals surface area contributed by atoms with Crippen molar-refractivity contribution in [2.75, 3.05) is 6.61 Å². The number of amides is 1. The molecular formula is C26H19F6NO4. The lowest BCUT2D eigenvalue weighted by Gasteiger charge is -2.19. The molecule has 1 amide bonds. The zero-order valence-corrected chi connectivity index (χ0v) is 18.9. The topological polar surface area (TPSA) is 75.6 Å². The third kappa shape index (κ3) is 5.71. The smallest absolute Gasteiger partial charge is 0.416 e. The molecule has 0 bridgehead atoms. The van der Waals surface area contributed by atoms with Crippen LogP contribution in [0.5, 0.6) is 0 Å². The Labute approximate surface area is 206 Å². The second-order valence-electron chi connectivity index (χ2n) is 8.48. The van der Waals surface area contributed by atoms with E-state index in [1.54, 1.807) is 0 Å². The summed E-state index contributed by atoms with van der Waals surface area (Å²) in [6.07, 6.45) is -12.2. The summed E-state index contributed by atoms with van der Waals surface area (Å²) in [6.45, 7) is -0.159. The Balaban J connectivity index is 1.49. The van der Waals surface area contributed by atoms with Crippen molar-refractivity contribution in [3.05, 3.63) is 94.5 Å². The molecule has 2 N–H and O–H groups in total. The molecule has 0 saturated heterocycles. The van der Waals surface area contributed by atoms with Gasteiger partial charge in [-0.3, -0.25) is 0 Å². The van der Waals surface area contributed by atoms with E-state index < -0.39 is 53.6 Å². The Hall–Kier alpha value is -4.02. The average molecular weight is 523 g/mol. The van der Waals surface area contributed by atoms with Crippen molar-refractivity contribution in [2.24, 2.45) is 0 Å². The minimum atomic E-state index is -5.09. The van der Waals surface area contributed by atoms with Crippen molar-refractivity contribution in [1.29, 1.82) is 0 Å². The van der Waals surface area contributed by atoms with E-state index in [0.717, 1.165) is 22.3 Å². The van der Waals surface area contributed by atoms with Crippen LogP contribution in [0.4, 0.5) is 31.1 Å². The number of alkyl carbamates (subject to hydrolysis) is 1. The first-order chi connectivity index (χ1) is 17.3. The number of carboxylic acids is 1. The molecule has 0 heterocycles. The number of benzene rings is 3. The first-order valence-electron chi connectivity index (χ1n) is 11.0. The fourth-order valence-electron chi connectivity index (χ4n) is 4.36. The van der Waals surface area contributed by atoms with Crippen LogP contribution in [-0.2, 0) is 28.3 Å². The maximum atomic E-state index is 13.1. The predicted octanol–water partition coefficient (Wildman–Crippen LogP) is 6.26. The summed E-state index contributed by atoms with van der Waals surface area (Å²) in [7, 11) is 0. The number of alkyl halides is 6. The quantitative estimate of drug-likeness (QED) is 0.374. The van der Waals surface area contributed by atoms with Crippen LogP contribution in [0.15, 0.2) is 66.7 Å². The van der Waals surface area contributed by atoms with Crippen LogP contribution >= 0.6 is 0 Å². The molecule has 0 unspecified atom stereocenters. The first kappa shape index (κ1) is 26.1. The molecule has 0 radical (unpaired) electrons. The summed E-state index contributed by atoms with van der Waals surface area (Å²) >= 11 is 0. The Kier molecular flexibility index (Phi) is 6.90. The summed E-state index contributed by atoms with van der Waals surface area (Å²) in [5.74, 6) is -1.99. The van der Waals surface area contributed by atoms with E-state index in [1.807, 2.05) is 53.8 Å². The molecule has 0 spiro atoms. The Bertz CT molecular complexity index is 1260. The van der Waals surface area contributed by atoms with E-state index in [0.29, 0.717) is 12.1 Å². The lowest BCUT2D eigenvalue weighted by molar-refractivity contribution is -0.143.